The SMILES string of the molecule is Cc1ccc2ccccc2c1C(Br)c1ccccc1Br. The molecule has 1 unspecified atom stereocenters. The fourth-order valence-corrected chi connectivity index (χ4v) is 4.40. The van der Waals surface area contributed by atoms with E-state index >= 15 is 0 Å². The van der Waals surface area contributed by atoms with Crippen molar-refractivity contribution in [1.82, 2.24) is 0 Å². The zero-order valence-electron chi connectivity index (χ0n) is 11.1. The van der Waals surface area contributed by atoms with E-state index < -0.39 is 0 Å². The Morgan fingerprint density at radius 3 is 2.35 bits per heavy atom. The molecule has 0 nitrogen and oxygen atoms in total. The molecule has 0 aliphatic carbocycles. The van der Waals surface area contributed by atoms with Crippen molar-refractivity contribution in [2.45, 2.75) is 11.8 Å². The lowest BCUT2D eigenvalue weighted by atomic mass is 9.94. The molecule has 0 fully saturated rings. The molecule has 0 aliphatic rings. The Hall–Kier alpha value is -1.12. The fourth-order valence-electron chi connectivity index (χ4n) is 2.58. The zero-order valence-corrected chi connectivity index (χ0v) is 14.3. The summed E-state index contributed by atoms with van der Waals surface area (Å²) in [5, 5.41) is 2.59. The van der Waals surface area contributed by atoms with Gasteiger partial charge in [-0.2, -0.15) is 0 Å². The summed E-state index contributed by atoms with van der Waals surface area (Å²) in [5.74, 6) is 0. The van der Waals surface area contributed by atoms with Crippen molar-refractivity contribution in [1.29, 1.82) is 0 Å². The van der Waals surface area contributed by atoms with Crippen LogP contribution in [0.15, 0.2) is 65.1 Å². The minimum atomic E-state index is 0.184. The highest BCUT2D eigenvalue weighted by molar-refractivity contribution is 9.11. The van der Waals surface area contributed by atoms with Gasteiger partial charge in [-0.3, -0.25) is 0 Å². The van der Waals surface area contributed by atoms with Crippen molar-refractivity contribution in [2.75, 3.05) is 0 Å². The number of hydrogen-bond donors (Lipinski definition) is 0. The van der Waals surface area contributed by atoms with E-state index in [1.807, 2.05) is 6.07 Å². The van der Waals surface area contributed by atoms with E-state index in [1.54, 1.807) is 0 Å². The second-order valence-corrected chi connectivity index (χ2v) is 6.67. The lowest BCUT2D eigenvalue weighted by Crippen LogP contribution is -1.98. The largest absolute Gasteiger partial charge is 0.0786 e. The van der Waals surface area contributed by atoms with E-state index in [0.717, 1.165) is 4.47 Å². The highest BCUT2D eigenvalue weighted by Crippen LogP contribution is 2.40. The lowest BCUT2D eigenvalue weighted by molar-refractivity contribution is 1.15. The van der Waals surface area contributed by atoms with Gasteiger partial charge in [0.1, 0.15) is 0 Å². The Balaban J connectivity index is 2.24. The molecule has 0 aliphatic heterocycles. The van der Waals surface area contributed by atoms with Gasteiger partial charge in [-0.25, -0.2) is 0 Å². The molecular formula is C18H14Br2. The molecule has 0 radical (unpaired) electrons. The number of hydrogen-bond acceptors (Lipinski definition) is 0. The van der Waals surface area contributed by atoms with E-state index in [-0.39, 0.29) is 4.83 Å². The van der Waals surface area contributed by atoms with E-state index in [0.29, 0.717) is 0 Å². The Morgan fingerprint density at radius 1 is 0.850 bits per heavy atom. The summed E-state index contributed by atoms with van der Waals surface area (Å²) in [4.78, 5) is 0.184. The first kappa shape index (κ1) is 13.8. The number of benzene rings is 3. The van der Waals surface area contributed by atoms with Crippen LogP contribution in [0.2, 0.25) is 0 Å². The fraction of sp³-hybridized carbons (Fsp3) is 0.111. The number of rotatable bonds is 2. The maximum absolute atomic E-state index is 3.89. The zero-order chi connectivity index (χ0) is 14.1. The molecule has 0 aromatic heterocycles. The van der Waals surface area contributed by atoms with Gasteiger partial charge in [0.05, 0.1) is 4.83 Å². The van der Waals surface area contributed by atoms with Crippen molar-refractivity contribution in [3.63, 3.8) is 0 Å². The van der Waals surface area contributed by atoms with Crippen LogP contribution in [-0.2, 0) is 0 Å². The second-order valence-electron chi connectivity index (χ2n) is 4.90. The van der Waals surface area contributed by atoms with Crippen LogP contribution in [0.5, 0.6) is 0 Å². The number of fused-ring (bicyclic) bond motifs is 1. The van der Waals surface area contributed by atoms with Crippen molar-refractivity contribution in [3.8, 4) is 0 Å². The Kier molecular flexibility index (Phi) is 3.95. The normalized spacial score (nSPS) is 12.6. The first-order valence-corrected chi connectivity index (χ1v) is 8.26. The summed E-state index contributed by atoms with van der Waals surface area (Å²) >= 11 is 7.54. The topological polar surface area (TPSA) is 0 Å². The molecule has 3 aromatic carbocycles. The predicted octanol–water partition coefficient (Wildman–Crippen LogP) is 6.40. The first-order chi connectivity index (χ1) is 9.68. The molecule has 100 valence electrons. The third-order valence-electron chi connectivity index (χ3n) is 3.62. The van der Waals surface area contributed by atoms with Gasteiger partial charge in [-0.15, -0.1) is 0 Å². The van der Waals surface area contributed by atoms with Crippen LogP contribution in [0.3, 0.4) is 0 Å². The molecule has 3 rings (SSSR count). The van der Waals surface area contributed by atoms with E-state index in [2.05, 4.69) is 93.4 Å². The third kappa shape index (κ3) is 2.43. The maximum Gasteiger partial charge on any atom is 0.0664 e. The average Bonchev–Trinajstić information content (AvgIpc) is 2.47. The highest BCUT2D eigenvalue weighted by Gasteiger charge is 2.17. The van der Waals surface area contributed by atoms with Crippen LogP contribution in [0.1, 0.15) is 21.5 Å². The van der Waals surface area contributed by atoms with Gasteiger partial charge in [0.25, 0.3) is 0 Å². The molecule has 0 bridgehead atoms. The van der Waals surface area contributed by atoms with Gasteiger partial charge in [0.2, 0.25) is 0 Å². The molecule has 3 aromatic rings. The predicted molar refractivity (Wildman–Crippen MR) is 93.6 cm³/mol. The smallest absolute Gasteiger partial charge is 0.0664 e. The maximum atomic E-state index is 3.89. The summed E-state index contributed by atoms with van der Waals surface area (Å²) in [6.45, 7) is 2.17. The number of halogens is 2. The Labute approximate surface area is 136 Å². The lowest BCUT2D eigenvalue weighted by Gasteiger charge is -2.18. The van der Waals surface area contributed by atoms with Gasteiger partial charge in [-0.1, -0.05) is 86.5 Å². The molecule has 1 atom stereocenters. The third-order valence-corrected chi connectivity index (χ3v) is 5.29. The summed E-state index contributed by atoms with van der Waals surface area (Å²) < 4.78 is 1.13. The molecule has 0 saturated heterocycles. The van der Waals surface area contributed by atoms with Crippen molar-refractivity contribution >= 4 is 42.6 Å². The van der Waals surface area contributed by atoms with Gasteiger partial charge >= 0.3 is 0 Å². The number of alkyl halides is 1. The number of aryl methyl sites for hydroxylation is 1. The first-order valence-electron chi connectivity index (χ1n) is 6.55. The van der Waals surface area contributed by atoms with Crippen LogP contribution >= 0.6 is 31.9 Å². The molecule has 0 saturated carbocycles. The molecular weight excluding hydrogens is 376 g/mol. The average molecular weight is 390 g/mol. The minimum Gasteiger partial charge on any atom is -0.0786 e. The molecule has 0 N–H and O–H groups in total. The van der Waals surface area contributed by atoms with Crippen LogP contribution in [-0.4, -0.2) is 0 Å². The monoisotopic (exact) mass is 388 g/mol. The standard InChI is InChI=1S/C18H14Br2/c1-12-10-11-13-6-2-3-7-14(13)17(12)18(20)15-8-4-5-9-16(15)19/h2-11,18H,1H3. The quantitative estimate of drug-likeness (QED) is 0.445. The minimum absolute atomic E-state index is 0.184. The highest BCUT2D eigenvalue weighted by atomic mass is 79.9. The van der Waals surface area contributed by atoms with Crippen LogP contribution < -0.4 is 0 Å². The van der Waals surface area contributed by atoms with Gasteiger partial charge in [-0.05, 0) is 40.5 Å². The molecule has 0 spiro atoms. The molecule has 0 amide bonds. The van der Waals surface area contributed by atoms with Crippen LogP contribution in [0, 0.1) is 6.92 Å². The van der Waals surface area contributed by atoms with E-state index in [9.17, 15) is 0 Å². The molecule has 20 heavy (non-hydrogen) atoms. The van der Waals surface area contributed by atoms with Gasteiger partial charge in [0, 0.05) is 4.47 Å². The molecule has 2 heteroatoms. The summed E-state index contributed by atoms with van der Waals surface area (Å²) in [6.07, 6.45) is 0. The Morgan fingerprint density at radius 2 is 1.55 bits per heavy atom. The van der Waals surface area contributed by atoms with Crippen molar-refractivity contribution in [3.05, 3.63) is 81.8 Å². The van der Waals surface area contributed by atoms with Crippen LogP contribution in [0.4, 0.5) is 0 Å². The second kappa shape index (κ2) is 5.71. The summed E-state index contributed by atoms with van der Waals surface area (Å²) in [7, 11) is 0. The summed E-state index contributed by atoms with van der Waals surface area (Å²) in [6, 6.07) is 21.3. The van der Waals surface area contributed by atoms with E-state index in [4.69, 9.17) is 0 Å². The van der Waals surface area contributed by atoms with E-state index in [1.165, 1.54) is 27.5 Å². The Bertz CT molecular complexity index is 762. The summed E-state index contributed by atoms with van der Waals surface area (Å²) in [5.41, 5.74) is 3.91. The van der Waals surface area contributed by atoms with Crippen LogP contribution in [0.25, 0.3) is 10.8 Å². The van der Waals surface area contributed by atoms with Gasteiger partial charge < -0.3 is 0 Å². The molecule has 0 heterocycles. The van der Waals surface area contributed by atoms with Gasteiger partial charge in [0.15, 0.2) is 0 Å². The van der Waals surface area contributed by atoms with Crippen molar-refractivity contribution < 1.29 is 0 Å². The van der Waals surface area contributed by atoms with Crippen molar-refractivity contribution in [2.24, 2.45) is 0 Å².